The molecule has 23 heavy (non-hydrogen) atoms. The minimum Gasteiger partial charge on any atom is -0.339 e. The lowest BCUT2D eigenvalue weighted by Crippen LogP contribution is -2.39. The zero-order valence-corrected chi connectivity index (χ0v) is 13.1. The summed E-state index contributed by atoms with van der Waals surface area (Å²) in [6.45, 7) is 3.18. The lowest BCUT2D eigenvalue weighted by atomic mass is 9.97. The van der Waals surface area contributed by atoms with E-state index in [0.717, 1.165) is 43.7 Å². The van der Waals surface area contributed by atoms with Crippen LogP contribution in [0.5, 0.6) is 0 Å². The van der Waals surface area contributed by atoms with Crippen molar-refractivity contribution in [3.63, 3.8) is 0 Å². The summed E-state index contributed by atoms with van der Waals surface area (Å²) < 4.78 is 5.43. The van der Waals surface area contributed by atoms with E-state index in [2.05, 4.69) is 20.1 Å². The smallest absolute Gasteiger partial charge is 0.274 e. The van der Waals surface area contributed by atoms with Crippen molar-refractivity contribution in [3.05, 3.63) is 35.5 Å². The molecule has 0 bridgehead atoms. The second kappa shape index (κ2) is 5.72. The molecule has 0 aromatic carbocycles. The predicted molar refractivity (Wildman–Crippen MR) is 80.9 cm³/mol. The SMILES string of the molecule is Cc1cnc(C(=O)N2CCCC(c3nc(C4CC4)no3)C2)cn1. The fraction of sp³-hybridized carbons (Fsp3) is 0.562. The zero-order chi connectivity index (χ0) is 15.8. The summed E-state index contributed by atoms with van der Waals surface area (Å²) in [6.07, 6.45) is 7.36. The van der Waals surface area contributed by atoms with E-state index in [-0.39, 0.29) is 11.8 Å². The Morgan fingerprint density at radius 3 is 2.83 bits per heavy atom. The second-order valence-electron chi connectivity index (χ2n) is 6.40. The zero-order valence-electron chi connectivity index (χ0n) is 13.1. The van der Waals surface area contributed by atoms with Gasteiger partial charge in [0.2, 0.25) is 5.89 Å². The summed E-state index contributed by atoms with van der Waals surface area (Å²) in [5.41, 5.74) is 1.19. The molecule has 1 amide bonds. The molecular weight excluding hydrogens is 294 g/mol. The number of hydrogen-bond acceptors (Lipinski definition) is 6. The molecule has 2 aromatic rings. The quantitative estimate of drug-likeness (QED) is 0.862. The number of carbonyl (C=O) groups is 1. The fourth-order valence-corrected chi connectivity index (χ4v) is 2.95. The minimum absolute atomic E-state index is 0.0795. The van der Waals surface area contributed by atoms with Crippen molar-refractivity contribution in [3.8, 4) is 0 Å². The summed E-state index contributed by atoms with van der Waals surface area (Å²) in [4.78, 5) is 27.2. The van der Waals surface area contributed by atoms with Crippen LogP contribution in [0.4, 0.5) is 0 Å². The van der Waals surface area contributed by atoms with Crippen molar-refractivity contribution in [1.29, 1.82) is 0 Å². The normalized spacial score (nSPS) is 21.4. The number of rotatable bonds is 3. The predicted octanol–water partition coefficient (Wildman–Crippen LogP) is 2.07. The van der Waals surface area contributed by atoms with Crippen LogP contribution in [0.3, 0.4) is 0 Å². The third-order valence-electron chi connectivity index (χ3n) is 4.46. The highest BCUT2D eigenvalue weighted by molar-refractivity contribution is 5.92. The Morgan fingerprint density at radius 2 is 2.09 bits per heavy atom. The van der Waals surface area contributed by atoms with Crippen LogP contribution in [0.1, 0.15) is 65.4 Å². The highest BCUT2D eigenvalue weighted by Gasteiger charge is 2.33. The minimum atomic E-state index is -0.0795. The van der Waals surface area contributed by atoms with E-state index < -0.39 is 0 Å². The van der Waals surface area contributed by atoms with Crippen LogP contribution in [0.25, 0.3) is 0 Å². The molecule has 7 heteroatoms. The first kappa shape index (κ1) is 14.3. The number of amides is 1. The Kier molecular flexibility index (Phi) is 3.55. The molecule has 1 unspecified atom stereocenters. The molecule has 0 N–H and O–H groups in total. The van der Waals surface area contributed by atoms with Crippen molar-refractivity contribution in [1.82, 2.24) is 25.0 Å². The third-order valence-corrected chi connectivity index (χ3v) is 4.46. The van der Waals surface area contributed by atoms with Crippen LogP contribution < -0.4 is 0 Å². The Balaban J connectivity index is 1.47. The Labute approximate surface area is 134 Å². The van der Waals surface area contributed by atoms with Crippen LogP contribution >= 0.6 is 0 Å². The Morgan fingerprint density at radius 1 is 1.22 bits per heavy atom. The number of carbonyl (C=O) groups excluding carboxylic acids is 1. The number of hydrogen-bond donors (Lipinski definition) is 0. The highest BCUT2D eigenvalue weighted by atomic mass is 16.5. The van der Waals surface area contributed by atoms with Gasteiger partial charge in [-0.15, -0.1) is 0 Å². The van der Waals surface area contributed by atoms with Gasteiger partial charge in [0, 0.05) is 25.2 Å². The maximum absolute atomic E-state index is 12.6. The molecule has 1 aliphatic carbocycles. The molecule has 1 saturated carbocycles. The Bertz CT molecular complexity index is 708. The Hall–Kier alpha value is -2.31. The van der Waals surface area contributed by atoms with Crippen molar-refractivity contribution in [2.45, 2.75) is 44.4 Å². The van der Waals surface area contributed by atoms with E-state index in [0.29, 0.717) is 24.0 Å². The van der Waals surface area contributed by atoms with Gasteiger partial charge in [0.25, 0.3) is 5.91 Å². The molecule has 1 atom stereocenters. The molecule has 0 radical (unpaired) electrons. The van der Waals surface area contributed by atoms with Crippen LogP contribution in [-0.2, 0) is 0 Å². The van der Waals surface area contributed by atoms with Gasteiger partial charge in [-0.25, -0.2) is 4.98 Å². The number of piperidine rings is 1. The lowest BCUT2D eigenvalue weighted by molar-refractivity contribution is 0.0689. The first-order valence-corrected chi connectivity index (χ1v) is 8.12. The van der Waals surface area contributed by atoms with Crippen LogP contribution in [0.2, 0.25) is 0 Å². The number of aryl methyl sites for hydroxylation is 1. The van der Waals surface area contributed by atoms with Crippen molar-refractivity contribution in [2.24, 2.45) is 0 Å². The van der Waals surface area contributed by atoms with Crippen LogP contribution in [0.15, 0.2) is 16.9 Å². The molecule has 2 aromatic heterocycles. The third kappa shape index (κ3) is 2.95. The summed E-state index contributed by atoms with van der Waals surface area (Å²) in [7, 11) is 0. The summed E-state index contributed by atoms with van der Waals surface area (Å²) in [5.74, 6) is 2.01. The monoisotopic (exact) mass is 313 g/mol. The molecule has 120 valence electrons. The molecule has 2 aliphatic rings. The van der Waals surface area contributed by atoms with Gasteiger partial charge in [0.15, 0.2) is 5.82 Å². The maximum atomic E-state index is 12.6. The van der Waals surface area contributed by atoms with Crippen LogP contribution in [0, 0.1) is 6.92 Å². The van der Waals surface area contributed by atoms with Gasteiger partial charge < -0.3 is 9.42 Å². The molecule has 2 fully saturated rings. The average Bonchev–Trinajstić information content (AvgIpc) is 3.32. The number of aromatic nitrogens is 4. The highest BCUT2D eigenvalue weighted by Crippen LogP contribution is 2.39. The molecule has 1 saturated heterocycles. The van der Waals surface area contributed by atoms with Gasteiger partial charge in [-0.05, 0) is 32.6 Å². The van der Waals surface area contributed by atoms with Crippen LogP contribution in [-0.4, -0.2) is 44.0 Å². The first-order chi connectivity index (χ1) is 11.2. The van der Waals surface area contributed by atoms with Crippen molar-refractivity contribution < 1.29 is 9.32 Å². The number of nitrogens with zero attached hydrogens (tertiary/aromatic N) is 5. The molecule has 0 spiro atoms. The number of likely N-dealkylation sites (tertiary alicyclic amines) is 1. The van der Waals surface area contributed by atoms with E-state index in [1.165, 1.54) is 0 Å². The molecule has 3 heterocycles. The van der Waals surface area contributed by atoms with Gasteiger partial charge in [0.1, 0.15) is 5.69 Å². The molecular formula is C16H19N5O2. The van der Waals surface area contributed by atoms with Gasteiger partial charge >= 0.3 is 0 Å². The second-order valence-corrected chi connectivity index (χ2v) is 6.40. The largest absolute Gasteiger partial charge is 0.339 e. The van der Waals surface area contributed by atoms with Gasteiger partial charge in [-0.3, -0.25) is 9.78 Å². The van der Waals surface area contributed by atoms with Gasteiger partial charge in [-0.2, -0.15) is 4.98 Å². The molecule has 1 aliphatic heterocycles. The molecule has 7 nitrogen and oxygen atoms in total. The van der Waals surface area contributed by atoms with E-state index in [1.807, 2.05) is 11.8 Å². The summed E-state index contributed by atoms with van der Waals surface area (Å²) >= 11 is 0. The van der Waals surface area contributed by atoms with E-state index >= 15 is 0 Å². The van der Waals surface area contributed by atoms with E-state index in [9.17, 15) is 4.79 Å². The van der Waals surface area contributed by atoms with E-state index in [4.69, 9.17) is 4.52 Å². The summed E-state index contributed by atoms with van der Waals surface area (Å²) in [6, 6.07) is 0. The molecule has 4 rings (SSSR count). The maximum Gasteiger partial charge on any atom is 0.274 e. The van der Waals surface area contributed by atoms with Gasteiger partial charge in [-0.1, -0.05) is 5.16 Å². The average molecular weight is 313 g/mol. The standard InChI is InChI=1S/C16H19N5O2/c1-10-7-18-13(8-17-10)16(22)21-6-2-3-12(9-21)15-19-14(20-23-15)11-4-5-11/h7-8,11-12H,2-6,9H2,1H3. The van der Waals surface area contributed by atoms with Crippen molar-refractivity contribution in [2.75, 3.05) is 13.1 Å². The lowest BCUT2D eigenvalue weighted by Gasteiger charge is -2.30. The van der Waals surface area contributed by atoms with Crippen molar-refractivity contribution >= 4 is 5.91 Å². The van der Waals surface area contributed by atoms with E-state index in [1.54, 1.807) is 12.4 Å². The summed E-state index contributed by atoms with van der Waals surface area (Å²) in [5, 5.41) is 4.08. The first-order valence-electron chi connectivity index (χ1n) is 8.12. The topological polar surface area (TPSA) is 85.0 Å². The van der Waals surface area contributed by atoms with Gasteiger partial charge in [0.05, 0.1) is 17.8 Å². The fourth-order valence-electron chi connectivity index (χ4n) is 2.95.